The minimum absolute atomic E-state index is 0.219. The molecule has 6 nitrogen and oxygen atoms in total. The summed E-state index contributed by atoms with van der Waals surface area (Å²) in [6, 6.07) is 6.68. The maximum absolute atomic E-state index is 12.6. The van der Waals surface area contributed by atoms with Gasteiger partial charge in [0.2, 0.25) is 10.0 Å². The highest BCUT2D eigenvalue weighted by atomic mass is 32.2. The first-order valence-corrected chi connectivity index (χ1v) is 8.09. The Morgan fingerprint density at radius 3 is 2.75 bits per heavy atom. The van der Waals surface area contributed by atoms with E-state index in [2.05, 4.69) is 17.4 Å². The van der Waals surface area contributed by atoms with Gasteiger partial charge in [-0.2, -0.15) is 0 Å². The molecule has 1 aromatic carbocycles. The quantitative estimate of drug-likeness (QED) is 0.613. The van der Waals surface area contributed by atoms with Crippen molar-refractivity contribution in [2.45, 2.75) is 11.3 Å². The van der Waals surface area contributed by atoms with Gasteiger partial charge in [0.05, 0.1) is 5.69 Å². The third-order valence-corrected chi connectivity index (χ3v) is 5.62. The Morgan fingerprint density at radius 2 is 2.15 bits per heavy atom. The van der Waals surface area contributed by atoms with E-state index in [1.54, 1.807) is 31.3 Å². The number of anilines is 1. The van der Waals surface area contributed by atoms with Crippen LogP contribution in [-0.4, -0.2) is 51.4 Å². The van der Waals surface area contributed by atoms with Crippen molar-refractivity contribution in [3.05, 3.63) is 24.3 Å². The highest BCUT2D eigenvalue weighted by molar-refractivity contribution is 7.89. The predicted octanol–water partition coefficient (Wildman–Crippen LogP) is 0.544. The summed E-state index contributed by atoms with van der Waals surface area (Å²) < 4.78 is 26.6. The lowest BCUT2D eigenvalue weighted by molar-refractivity contribution is 0.357. The molecular formula is C13H22N4O2S. The van der Waals surface area contributed by atoms with Gasteiger partial charge in [0, 0.05) is 20.1 Å². The first-order chi connectivity index (χ1) is 9.45. The average molecular weight is 298 g/mol. The number of hydrazine groups is 1. The van der Waals surface area contributed by atoms with Gasteiger partial charge in [0.1, 0.15) is 4.90 Å². The second-order valence-electron chi connectivity index (χ2n) is 5.34. The number of nitrogens with one attached hydrogen (secondary N) is 1. The van der Waals surface area contributed by atoms with E-state index < -0.39 is 10.0 Å². The number of hydrogen-bond acceptors (Lipinski definition) is 5. The highest BCUT2D eigenvalue weighted by Crippen LogP contribution is 2.25. The van der Waals surface area contributed by atoms with Crippen molar-refractivity contribution in [1.82, 2.24) is 9.21 Å². The summed E-state index contributed by atoms with van der Waals surface area (Å²) in [6.07, 6.45) is 1.03. The molecule has 3 N–H and O–H groups in total. The van der Waals surface area contributed by atoms with E-state index in [1.807, 2.05) is 0 Å². The Hall–Kier alpha value is -1.15. The van der Waals surface area contributed by atoms with Crippen molar-refractivity contribution < 1.29 is 8.42 Å². The third kappa shape index (κ3) is 3.12. The first kappa shape index (κ1) is 15.2. The molecule has 112 valence electrons. The lowest BCUT2D eigenvalue weighted by Crippen LogP contribution is -2.33. The molecule has 0 aliphatic carbocycles. The molecule has 1 aromatic rings. The van der Waals surface area contributed by atoms with Crippen LogP contribution in [0.3, 0.4) is 0 Å². The van der Waals surface area contributed by atoms with E-state index in [4.69, 9.17) is 5.84 Å². The van der Waals surface area contributed by atoms with Gasteiger partial charge in [0.15, 0.2) is 0 Å². The molecule has 20 heavy (non-hydrogen) atoms. The van der Waals surface area contributed by atoms with Gasteiger partial charge < -0.3 is 10.3 Å². The molecule has 0 radical (unpaired) electrons. The predicted molar refractivity (Wildman–Crippen MR) is 79.7 cm³/mol. The zero-order valence-electron chi connectivity index (χ0n) is 11.9. The topological polar surface area (TPSA) is 78.7 Å². The number of hydrogen-bond donors (Lipinski definition) is 2. The van der Waals surface area contributed by atoms with Gasteiger partial charge >= 0.3 is 0 Å². The molecule has 0 amide bonds. The average Bonchev–Trinajstić information content (AvgIpc) is 2.84. The lowest BCUT2D eigenvalue weighted by Gasteiger charge is -2.22. The summed E-state index contributed by atoms with van der Waals surface area (Å²) in [5.41, 5.74) is 2.86. The van der Waals surface area contributed by atoms with Gasteiger partial charge in [-0.25, -0.2) is 12.7 Å². The standard InChI is InChI=1S/C13H22N4O2S/c1-16-8-7-11(9-16)10-17(2)20(18,19)13-6-4-3-5-12(13)15-14/h3-6,11,15H,7-10,14H2,1-2H3. The summed E-state index contributed by atoms with van der Waals surface area (Å²) in [5.74, 6) is 5.78. The molecule has 1 aliphatic heterocycles. The Morgan fingerprint density at radius 1 is 1.45 bits per heavy atom. The fourth-order valence-corrected chi connectivity index (χ4v) is 4.01. The smallest absolute Gasteiger partial charge is 0.244 e. The van der Waals surface area contributed by atoms with E-state index in [-0.39, 0.29) is 4.90 Å². The molecule has 1 atom stereocenters. The summed E-state index contributed by atoms with van der Waals surface area (Å²) in [5, 5.41) is 0. The van der Waals surface area contributed by atoms with Crippen molar-refractivity contribution in [2.24, 2.45) is 11.8 Å². The molecule has 2 rings (SSSR count). The normalized spacial score (nSPS) is 20.5. The molecule has 1 saturated heterocycles. The fourth-order valence-electron chi connectivity index (χ4n) is 2.62. The van der Waals surface area contributed by atoms with Gasteiger partial charge in [-0.1, -0.05) is 12.1 Å². The minimum Gasteiger partial charge on any atom is -0.323 e. The van der Waals surface area contributed by atoms with E-state index in [0.29, 0.717) is 18.2 Å². The van der Waals surface area contributed by atoms with Crippen LogP contribution in [-0.2, 0) is 10.0 Å². The second-order valence-corrected chi connectivity index (χ2v) is 7.36. The summed E-state index contributed by atoms with van der Waals surface area (Å²) >= 11 is 0. The van der Waals surface area contributed by atoms with Crippen molar-refractivity contribution in [3.8, 4) is 0 Å². The van der Waals surface area contributed by atoms with Crippen molar-refractivity contribution >= 4 is 15.7 Å². The largest absolute Gasteiger partial charge is 0.323 e. The molecule has 1 fully saturated rings. The number of nitrogens with zero attached hydrogens (tertiary/aromatic N) is 2. The van der Waals surface area contributed by atoms with Crippen LogP contribution in [0.25, 0.3) is 0 Å². The highest BCUT2D eigenvalue weighted by Gasteiger charge is 2.28. The molecule has 0 aromatic heterocycles. The number of likely N-dealkylation sites (tertiary alicyclic amines) is 1. The summed E-state index contributed by atoms with van der Waals surface area (Å²) in [6.45, 7) is 2.50. The first-order valence-electron chi connectivity index (χ1n) is 6.65. The number of nitrogens with two attached hydrogens (primary N) is 1. The Kier molecular flexibility index (Phi) is 4.64. The monoisotopic (exact) mass is 298 g/mol. The number of rotatable bonds is 5. The number of nitrogen functional groups attached to an aromatic ring is 1. The van der Waals surface area contributed by atoms with Crippen LogP contribution in [0, 0.1) is 5.92 Å². The molecule has 7 heteroatoms. The number of sulfonamides is 1. The SMILES string of the molecule is CN1CCC(CN(C)S(=O)(=O)c2ccccc2NN)C1. The van der Waals surface area contributed by atoms with Gasteiger partial charge in [-0.3, -0.25) is 5.84 Å². The van der Waals surface area contributed by atoms with Crippen LogP contribution in [0.4, 0.5) is 5.69 Å². The van der Waals surface area contributed by atoms with Crippen LogP contribution in [0.1, 0.15) is 6.42 Å². The zero-order valence-corrected chi connectivity index (χ0v) is 12.7. The molecule has 1 unspecified atom stereocenters. The molecule has 0 saturated carbocycles. The minimum atomic E-state index is -3.51. The van der Waals surface area contributed by atoms with Crippen molar-refractivity contribution in [1.29, 1.82) is 0 Å². The molecule has 0 bridgehead atoms. The Labute approximate surface area is 120 Å². The third-order valence-electron chi connectivity index (χ3n) is 3.74. The zero-order chi connectivity index (χ0) is 14.8. The molecule has 0 spiro atoms. The molecular weight excluding hydrogens is 276 g/mol. The number of para-hydroxylation sites is 1. The molecule has 1 heterocycles. The lowest BCUT2D eigenvalue weighted by atomic mass is 10.1. The van der Waals surface area contributed by atoms with Crippen LogP contribution in [0.5, 0.6) is 0 Å². The summed E-state index contributed by atoms with van der Waals surface area (Å²) in [7, 11) is 0.169. The van der Waals surface area contributed by atoms with E-state index >= 15 is 0 Å². The fraction of sp³-hybridized carbons (Fsp3) is 0.538. The summed E-state index contributed by atoms with van der Waals surface area (Å²) in [4.78, 5) is 2.44. The van der Waals surface area contributed by atoms with Gasteiger partial charge in [-0.05, 0) is 38.1 Å². The Bertz CT molecular complexity index is 561. The van der Waals surface area contributed by atoms with Gasteiger partial charge in [0.25, 0.3) is 0 Å². The van der Waals surface area contributed by atoms with Gasteiger partial charge in [-0.15, -0.1) is 0 Å². The Balaban J connectivity index is 2.17. The van der Waals surface area contributed by atoms with Crippen LogP contribution in [0.2, 0.25) is 0 Å². The number of benzene rings is 1. The van der Waals surface area contributed by atoms with Crippen molar-refractivity contribution in [2.75, 3.05) is 39.2 Å². The van der Waals surface area contributed by atoms with Crippen LogP contribution >= 0.6 is 0 Å². The maximum atomic E-state index is 12.6. The molecule has 1 aliphatic rings. The van der Waals surface area contributed by atoms with Crippen LogP contribution < -0.4 is 11.3 Å². The second kappa shape index (κ2) is 6.09. The van der Waals surface area contributed by atoms with Crippen molar-refractivity contribution in [3.63, 3.8) is 0 Å². The maximum Gasteiger partial charge on any atom is 0.244 e. The van der Waals surface area contributed by atoms with Crippen LogP contribution in [0.15, 0.2) is 29.2 Å². The van der Waals surface area contributed by atoms with E-state index in [1.165, 1.54) is 4.31 Å². The van der Waals surface area contributed by atoms with E-state index in [0.717, 1.165) is 19.5 Å². The van der Waals surface area contributed by atoms with E-state index in [9.17, 15) is 8.42 Å².